The van der Waals surface area contributed by atoms with Gasteiger partial charge in [-0.1, -0.05) is 11.3 Å². The van der Waals surface area contributed by atoms with Crippen LogP contribution in [0.15, 0.2) is 18.2 Å². The summed E-state index contributed by atoms with van der Waals surface area (Å²) in [5.74, 6) is -2.48. The summed E-state index contributed by atoms with van der Waals surface area (Å²) >= 11 is 0.829. The van der Waals surface area contributed by atoms with E-state index in [0.29, 0.717) is 6.07 Å². The molecule has 3 N–H and O–H groups in total. The number of nitrogens with two attached hydrogens (primary N) is 1. The molecule has 2 amide bonds. The van der Waals surface area contributed by atoms with Crippen molar-refractivity contribution in [3.63, 3.8) is 0 Å². The van der Waals surface area contributed by atoms with Gasteiger partial charge in [0.25, 0.3) is 5.91 Å². The second-order valence-electron chi connectivity index (χ2n) is 5.81. The van der Waals surface area contributed by atoms with Crippen molar-refractivity contribution in [3.8, 4) is 10.6 Å². The van der Waals surface area contributed by atoms with E-state index in [1.54, 1.807) is 20.8 Å². The predicted molar refractivity (Wildman–Crippen MR) is 85.8 cm³/mol. The second kappa shape index (κ2) is 6.52. The molecule has 1 aromatic heterocycles. The number of nitrogens with zero attached hydrogens (tertiary/aromatic N) is 1. The Morgan fingerprint density at radius 2 is 1.96 bits per heavy atom. The molecule has 2 aromatic rings. The van der Waals surface area contributed by atoms with Crippen LogP contribution < -0.4 is 11.1 Å². The molecule has 0 aliphatic heterocycles. The van der Waals surface area contributed by atoms with Crippen LogP contribution in [0.2, 0.25) is 0 Å². The van der Waals surface area contributed by atoms with Crippen molar-refractivity contribution in [2.24, 2.45) is 5.73 Å². The summed E-state index contributed by atoms with van der Waals surface area (Å²) in [4.78, 5) is 27.3. The molecule has 0 atom stereocenters. The molecule has 0 aliphatic rings. The monoisotopic (exact) mass is 355 g/mol. The summed E-state index contributed by atoms with van der Waals surface area (Å²) < 4.78 is 31.9. The molecule has 1 aromatic carbocycles. The number of aromatic nitrogens is 1. The minimum atomic E-state index is -0.897. The number of ether oxygens (including phenoxy) is 1. The number of amides is 2. The van der Waals surface area contributed by atoms with Crippen molar-refractivity contribution in [1.82, 2.24) is 4.98 Å². The molecule has 0 radical (unpaired) electrons. The topological polar surface area (TPSA) is 94.3 Å². The number of hydrogen-bond acceptors (Lipinski definition) is 5. The van der Waals surface area contributed by atoms with Crippen LogP contribution in [0, 0.1) is 11.6 Å². The minimum Gasteiger partial charge on any atom is -0.444 e. The number of carbonyl (C=O) groups is 2. The highest BCUT2D eigenvalue weighted by atomic mass is 32.1. The van der Waals surface area contributed by atoms with Crippen molar-refractivity contribution in [1.29, 1.82) is 0 Å². The summed E-state index contributed by atoms with van der Waals surface area (Å²) in [5.41, 5.74) is 4.24. The van der Waals surface area contributed by atoms with E-state index >= 15 is 0 Å². The fourth-order valence-corrected chi connectivity index (χ4v) is 2.73. The molecule has 0 fully saturated rings. The molecular weight excluding hydrogens is 340 g/mol. The van der Waals surface area contributed by atoms with Crippen molar-refractivity contribution in [3.05, 3.63) is 35.5 Å². The van der Waals surface area contributed by atoms with Crippen LogP contribution in [0.5, 0.6) is 0 Å². The summed E-state index contributed by atoms with van der Waals surface area (Å²) in [7, 11) is 0. The van der Waals surface area contributed by atoms with Crippen LogP contribution in [0.1, 0.15) is 31.3 Å². The molecule has 9 heteroatoms. The highest BCUT2D eigenvalue weighted by molar-refractivity contribution is 7.19. The number of rotatable bonds is 3. The van der Waals surface area contributed by atoms with E-state index in [-0.39, 0.29) is 21.3 Å². The largest absolute Gasteiger partial charge is 0.444 e. The van der Waals surface area contributed by atoms with Crippen LogP contribution in [0.4, 0.5) is 18.6 Å². The van der Waals surface area contributed by atoms with Gasteiger partial charge >= 0.3 is 6.09 Å². The van der Waals surface area contributed by atoms with Crippen molar-refractivity contribution in [2.75, 3.05) is 5.32 Å². The highest BCUT2D eigenvalue weighted by Crippen LogP contribution is 2.34. The van der Waals surface area contributed by atoms with Gasteiger partial charge < -0.3 is 10.5 Å². The molecule has 0 spiro atoms. The van der Waals surface area contributed by atoms with Crippen LogP contribution in [0.3, 0.4) is 0 Å². The zero-order chi connectivity index (χ0) is 18.1. The lowest BCUT2D eigenvalue weighted by Gasteiger charge is -2.19. The van der Waals surface area contributed by atoms with Gasteiger partial charge in [-0.3, -0.25) is 10.1 Å². The van der Waals surface area contributed by atoms with Gasteiger partial charge in [0.1, 0.15) is 27.2 Å². The number of halogens is 2. The van der Waals surface area contributed by atoms with E-state index in [1.807, 2.05) is 0 Å². The molecule has 6 nitrogen and oxygen atoms in total. The van der Waals surface area contributed by atoms with Crippen molar-refractivity contribution >= 4 is 28.3 Å². The number of benzene rings is 1. The Morgan fingerprint density at radius 1 is 1.29 bits per heavy atom. The van der Waals surface area contributed by atoms with E-state index in [2.05, 4.69) is 10.3 Å². The number of anilines is 1. The zero-order valence-corrected chi connectivity index (χ0v) is 14.0. The number of nitrogens with one attached hydrogen (secondary N) is 1. The number of hydrogen-bond donors (Lipinski definition) is 2. The first kappa shape index (κ1) is 17.8. The molecule has 0 saturated carbocycles. The van der Waals surface area contributed by atoms with Gasteiger partial charge in [-0.2, -0.15) is 0 Å². The molecule has 0 bridgehead atoms. The standard InChI is InChI=1S/C15H15F2N3O3S/c1-15(2,3)23-14(22)20-13-10(11(18)21)19-12(24-13)8-5-4-7(16)6-9(8)17/h4-6H,1-3H3,(H2,18,21)(H,20,22). The van der Waals surface area contributed by atoms with Crippen LogP contribution in [0.25, 0.3) is 10.6 Å². The first-order valence-corrected chi connectivity index (χ1v) is 7.64. The summed E-state index contributed by atoms with van der Waals surface area (Å²) in [6.07, 6.45) is -0.806. The molecule has 128 valence electrons. The molecule has 0 unspecified atom stereocenters. The molecule has 1 heterocycles. The Morgan fingerprint density at radius 3 is 2.50 bits per heavy atom. The fourth-order valence-electron chi connectivity index (χ4n) is 1.75. The van der Waals surface area contributed by atoms with Crippen molar-refractivity contribution < 1.29 is 23.1 Å². The quantitative estimate of drug-likeness (QED) is 0.880. The van der Waals surface area contributed by atoms with Crippen LogP contribution in [-0.2, 0) is 4.74 Å². The molecule has 2 rings (SSSR count). The fraction of sp³-hybridized carbons (Fsp3) is 0.267. The maximum absolute atomic E-state index is 13.9. The van der Waals surface area contributed by atoms with Gasteiger partial charge in [0.15, 0.2) is 5.69 Å². The molecule has 0 aliphatic carbocycles. The number of primary amides is 1. The predicted octanol–water partition coefficient (Wildman–Crippen LogP) is 3.53. The van der Waals surface area contributed by atoms with Gasteiger partial charge in [-0.25, -0.2) is 18.6 Å². The summed E-state index contributed by atoms with van der Waals surface area (Å²) in [6.45, 7) is 5.02. The van der Waals surface area contributed by atoms with Crippen LogP contribution >= 0.6 is 11.3 Å². The van der Waals surface area contributed by atoms with E-state index in [1.165, 1.54) is 6.07 Å². The maximum Gasteiger partial charge on any atom is 0.412 e. The van der Waals surface area contributed by atoms with Gasteiger partial charge in [0.05, 0.1) is 0 Å². The first-order chi connectivity index (χ1) is 11.1. The first-order valence-electron chi connectivity index (χ1n) is 6.83. The van der Waals surface area contributed by atoms with E-state index < -0.39 is 29.2 Å². The highest BCUT2D eigenvalue weighted by Gasteiger charge is 2.23. The van der Waals surface area contributed by atoms with Crippen LogP contribution in [-0.4, -0.2) is 22.6 Å². The lowest BCUT2D eigenvalue weighted by Crippen LogP contribution is -2.27. The third-order valence-electron chi connectivity index (χ3n) is 2.64. The van der Waals surface area contributed by atoms with E-state index in [0.717, 1.165) is 17.4 Å². The average molecular weight is 355 g/mol. The zero-order valence-electron chi connectivity index (χ0n) is 13.1. The van der Waals surface area contributed by atoms with E-state index in [9.17, 15) is 18.4 Å². The van der Waals surface area contributed by atoms with Gasteiger partial charge in [0.2, 0.25) is 0 Å². The Hall–Kier alpha value is -2.55. The second-order valence-corrected chi connectivity index (χ2v) is 6.81. The van der Waals surface area contributed by atoms with Gasteiger partial charge in [0, 0.05) is 11.6 Å². The Balaban J connectivity index is 2.37. The van der Waals surface area contributed by atoms with Gasteiger partial charge in [-0.05, 0) is 32.9 Å². The average Bonchev–Trinajstić information content (AvgIpc) is 2.79. The van der Waals surface area contributed by atoms with E-state index in [4.69, 9.17) is 10.5 Å². The SMILES string of the molecule is CC(C)(C)OC(=O)Nc1sc(-c2ccc(F)cc2F)nc1C(N)=O. The Kier molecular flexibility index (Phi) is 4.83. The third-order valence-corrected chi connectivity index (χ3v) is 3.64. The lowest BCUT2D eigenvalue weighted by atomic mass is 10.2. The van der Waals surface area contributed by atoms with Crippen molar-refractivity contribution in [2.45, 2.75) is 26.4 Å². The Bertz CT molecular complexity index is 800. The molecular formula is C15H15F2N3O3S. The summed E-state index contributed by atoms with van der Waals surface area (Å²) in [5, 5.41) is 2.47. The number of thiazole rings is 1. The maximum atomic E-state index is 13.9. The Labute approximate surface area is 140 Å². The normalized spacial score (nSPS) is 11.2. The number of carbonyl (C=O) groups excluding carboxylic acids is 2. The lowest BCUT2D eigenvalue weighted by molar-refractivity contribution is 0.0636. The summed E-state index contributed by atoms with van der Waals surface area (Å²) in [6, 6.07) is 2.94. The smallest absolute Gasteiger partial charge is 0.412 e. The van der Waals surface area contributed by atoms with Gasteiger partial charge in [-0.15, -0.1) is 0 Å². The minimum absolute atomic E-state index is 0.0128. The third kappa shape index (κ3) is 4.25. The molecule has 0 saturated heterocycles. The molecule has 24 heavy (non-hydrogen) atoms.